The number of rotatable bonds is 1. The van der Waals surface area contributed by atoms with Gasteiger partial charge < -0.3 is 9.84 Å². The Morgan fingerprint density at radius 3 is 2.85 bits per heavy atom. The van der Waals surface area contributed by atoms with E-state index in [9.17, 15) is 9.90 Å². The van der Waals surface area contributed by atoms with E-state index in [1.54, 1.807) is 6.92 Å². The van der Waals surface area contributed by atoms with Crippen LogP contribution in [-0.4, -0.2) is 34.6 Å². The van der Waals surface area contributed by atoms with Gasteiger partial charge >= 0.3 is 5.97 Å². The average Bonchev–Trinajstić information content (AvgIpc) is 2.67. The van der Waals surface area contributed by atoms with Crippen LogP contribution in [0, 0.1) is 11.8 Å². The van der Waals surface area contributed by atoms with E-state index >= 15 is 0 Å². The lowest BCUT2D eigenvalue weighted by molar-refractivity contribution is -0.272. The first kappa shape index (κ1) is 15.2. The maximum Gasteiger partial charge on any atom is 0.309 e. The molecule has 1 aliphatic carbocycles. The van der Waals surface area contributed by atoms with Crippen molar-refractivity contribution in [1.82, 2.24) is 0 Å². The molecule has 0 radical (unpaired) electrons. The van der Waals surface area contributed by atoms with Gasteiger partial charge in [0.05, 0.1) is 12.0 Å². The number of hydrogen-bond acceptors (Lipinski definition) is 5. The Hall–Kier alpha value is -1.17. The van der Waals surface area contributed by atoms with Gasteiger partial charge in [0, 0.05) is 12.3 Å². The van der Waals surface area contributed by atoms with Gasteiger partial charge in [-0.2, -0.15) is 0 Å². The monoisotopic (exact) mass is 282 g/mol. The molecule has 0 spiro atoms. The smallest absolute Gasteiger partial charge is 0.309 e. The normalized spacial score (nSPS) is 41.6. The number of hydrogen-bond donors (Lipinski definition) is 2. The van der Waals surface area contributed by atoms with Gasteiger partial charge in [0.1, 0.15) is 12.2 Å². The van der Waals surface area contributed by atoms with Crippen molar-refractivity contribution < 1.29 is 24.8 Å². The van der Waals surface area contributed by atoms with Gasteiger partial charge in [-0.25, -0.2) is 4.89 Å². The Balaban J connectivity index is 2.27. The van der Waals surface area contributed by atoms with Crippen LogP contribution in [0.2, 0.25) is 0 Å². The van der Waals surface area contributed by atoms with Gasteiger partial charge in [-0.1, -0.05) is 13.5 Å². The van der Waals surface area contributed by atoms with E-state index in [-0.39, 0.29) is 30.3 Å². The van der Waals surface area contributed by atoms with E-state index in [0.29, 0.717) is 6.42 Å². The molecular weight excluding hydrogens is 260 g/mol. The lowest BCUT2D eigenvalue weighted by Gasteiger charge is -2.25. The molecule has 1 heterocycles. The van der Waals surface area contributed by atoms with Crippen LogP contribution < -0.4 is 0 Å². The van der Waals surface area contributed by atoms with E-state index in [2.05, 4.69) is 11.5 Å². The number of fused-ring (bicyclic) bond motifs is 1. The molecule has 5 heteroatoms. The average molecular weight is 282 g/mol. The minimum absolute atomic E-state index is 0.0684. The topological polar surface area (TPSA) is 76.0 Å². The Kier molecular flexibility index (Phi) is 4.62. The van der Waals surface area contributed by atoms with Gasteiger partial charge in [-0.3, -0.25) is 10.1 Å². The summed E-state index contributed by atoms with van der Waals surface area (Å²) < 4.78 is 5.38. The highest BCUT2D eigenvalue weighted by molar-refractivity contribution is 5.75. The number of esters is 1. The largest absolute Gasteiger partial charge is 0.458 e. The molecule has 0 unspecified atom stereocenters. The van der Waals surface area contributed by atoms with Crippen molar-refractivity contribution >= 4 is 5.97 Å². The Bertz CT molecular complexity index is 428. The van der Waals surface area contributed by atoms with Crippen LogP contribution in [0.25, 0.3) is 0 Å². The number of aliphatic hydroxyl groups excluding tert-OH is 1. The molecule has 5 atom stereocenters. The fourth-order valence-electron chi connectivity index (χ4n) is 2.92. The van der Waals surface area contributed by atoms with Crippen LogP contribution in [-0.2, 0) is 14.4 Å². The summed E-state index contributed by atoms with van der Waals surface area (Å²) in [6, 6.07) is 0. The van der Waals surface area contributed by atoms with E-state index in [0.717, 1.165) is 17.6 Å². The van der Waals surface area contributed by atoms with Crippen molar-refractivity contribution in [2.75, 3.05) is 0 Å². The molecule has 2 rings (SSSR count). The lowest BCUT2D eigenvalue weighted by atomic mass is 9.83. The lowest BCUT2D eigenvalue weighted by Crippen LogP contribution is -2.27. The summed E-state index contributed by atoms with van der Waals surface area (Å²) in [7, 11) is 0. The molecular formula is C15H22O5. The van der Waals surface area contributed by atoms with Crippen molar-refractivity contribution in [2.24, 2.45) is 11.8 Å². The first-order chi connectivity index (χ1) is 9.43. The predicted octanol–water partition coefficient (Wildman–Crippen LogP) is 2.07. The molecule has 0 bridgehead atoms. The van der Waals surface area contributed by atoms with Gasteiger partial charge in [-0.15, -0.1) is 0 Å². The summed E-state index contributed by atoms with van der Waals surface area (Å²) in [5.74, 6) is -0.292. The molecule has 0 aromatic heterocycles. The van der Waals surface area contributed by atoms with Crippen molar-refractivity contribution in [2.45, 2.75) is 51.4 Å². The van der Waals surface area contributed by atoms with E-state index in [4.69, 9.17) is 9.99 Å². The van der Waals surface area contributed by atoms with Crippen LogP contribution in [0.15, 0.2) is 23.8 Å². The number of aliphatic hydroxyl groups is 1. The third kappa shape index (κ3) is 2.95. The third-order valence-corrected chi connectivity index (χ3v) is 4.46. The van der Waals surface area contributed by atoms with E-state index in [1.807, 2.05) is 13.0 Å². The zero-order valence-corrected chi connectivity index (χ0v) is 11.9. The van der Waals surface area contributed by atoms with E-state index < -0.39 is 12.2 Å². The molecule has 0 amide bonds. The van der Waals surface area contributed by atoms with Gasteiger partial charge in [0.2, 0.25) is 0 Å². The second-order valence-corrected chi connectivity index (χ2v) is 5.81. The Labute approximate surface area is 118 Å². The molecule has 2 aliphatic rings. The first-order valence-electron chi connectivity index (χ1n) is 6.98. The highest BCUT2D eigenvalue weighted by atomic mass is 17.1. The minimum atomic E-state index is -0.753. The minimum Gasteiger partial charge on any atom is -0.458 e. The SMILES string of the molecule is C=C1CC[C@@H]2[C@@H](/C=C(/C)[C@@H](O)C[C@H]1OO)OC(=O)[C@@H]2C. The highest BCUT2D eigenvalue weighted by Crippen LogP contribution is 2.36. The van der Waals surface area contributed by atoms with Gasteiger partial charge in [0.15, 0.2) is 0 Å². The highest BCUT2D eigenvalue weighted by Gasteiger charge is 2.41. The molecule has 0 aromatic carbocycles. The van der Waals surface area contributed by atoms with Crippen LogP contribution in [0.1, 0.15) is 33.1 Å². The molecule has 5 nitrogen and oxygen atoms in total. The van der Waals surface area contributed by atoms with Gasteiger partial charge in [0.25, 0.3) is 0 Å². The van der Waals surface area contributed by atoms with Crippen LogP contribution in [0.3, 0.4) is 0 Å². The summed E-state index contributed by atoms with van der Waals surface area (Å²) in [6.45, 7) is 7.57. The molecule has 112 valence electrons. The second-order valence-electron chi connectivity index (χ2n) is 5.81. The zero-order valence-electron chi connectivity index (χ0n) is 11.9. The Morgan fingerprint density at radius 2 is 2.20 bits per heavy atom. The molecule has 1 aliphatic heterocycles. The van der Waals surface area contributed by atoms with Crippen LogP contribution in [0.4, 0.5) is 0 Å². The summed E-state index contributed by atoms with van der Waals surface area (Å²) in [5, 5.41) is 19.1. The Morgan fingerprint density at radius 1 is 1.50 bits per heavy atom. The van der Waals surface area contributed by atoms with Crippen LogP contribution in [0.5, 0.6) is 0 Å². The standard InChI is InChI=1S/C15H22O5/c1-8-4-5-11-10(3)15(17)19-14(11)6-9(2)12(16)7-13(8)20-18/h6,10-14,16,18H,1,4-5,7H2,2-3H3/b9-6-/t10-,11+,12+,13-,14-/m1/s1. The van der Waals surface area contributed by atoms with Crippen molar-refractivity contribution in [3.05, 3.63) is 23.8 Å². The van der Waals surface area contributed by atoms with Crippen molar-refractivity contribution in [3.63, 3.8) is 0 Å². The van der Waals surface area contributed by atoms with E-state index in [1.165, 1.54) is 0 Å². The first-order valence-corrected chi connectivity index (χ1v) is 6.98. The predicted molar refractivity (Wildman–Crippen MR) is 72.8 cm³/mol. The maximum atomic E-state index is 11.7. The summed E-state index contributed by atoms with van der Waals surface area (Å²) >= 11 is 0. The maximum absolute atomic E-state index is 11.7. The molecule has 1 fully saturated rings. The fourth-order valence-corrected chi connectivity index (χ4v) is 2.92. The van der Waals surface area contributed by atoms with Crippen molar-refractivity contribution in [3.8, 4) is 0 Å². The molecule has 2 N–H and O–H groups in total. The summed E-state index contributed by atoms with van der Waals surface area (Å²) in [5.41, 5.74) is 1.45. The zero-order chi connectivity index (χ0) is 14.9. The fraction of sp³-hybridized carbons (Fsp3) is 0.667. The van der Waals surface area contributed by atoms with Gasteiger partial charge in [-0.05, 0) is 37.0 Å². The van der Waals surface area contributed by atoms with Crippen LogP contribution >= 0.6 is 0 Å². The number of carbonyl (C=O) groups is 1. The molecule has 0 aromatic rings. The molecule has 20 heavy (non-hydrogen) atoms. The summed E-state index contributed by atoms with van der Waals surface area (Å²) in [6.07, 6.45) is 1.82. The third-order valence-electron chi connectivity index (χ3n) is 4.46. The number of carbonyl (C=O) groups excluding carboxylic acids is 1. The molecule has 1 saturated heterocycles. The number of ether oxygens (including phenoxy) is 1. The quantitative estimate of drug-likeness (QED) is 0.333. The summed E-state index contributed by atoms with van der Waals surface area (Å²) in [4.78, 5) is 16.2. The van der Waals surface area contributed by atoms with Crippen molar-refractivity contribution in [1.29, 1.82) is 0 Å². The second kappa shape index (κ2) is 6.08. The molecule has 0 saturated carbocycles.